The Morgan fingerprint density at radius 2 is 2.12 bits per heavy atom. The van der Waals surface area contributed by atoms with Crippen molar-refractivity contribution < 1.29 is 17.9 Å². The summed E-state index contributed by atoms with van der Waals surface area (Å²) in [7, 11) is -2.24. The number of carbonyl (C=O) groups excluding carboxylic acids is 1. The van der Waals surface area contributed by atoms with E-state index in [1.54, 1.807) is 19.1 Å². The predicted octanol–water partition coefficient (Wildman–Crippen LogP) is 1.93. The highest BCUT2D eigenvalue weighted by Gasteiger charge is 2.40. The van der Waals surface area contributed by atoms with Crippen LogP contribution in [0.5, 0.6) is 5.75 Å². The molecular formula is C17H26N2O4S. The molecule has 1 saturated heterocycles. The van der Waals surface area contributed by atoms with Crippen molar-refractivity contribution in [1.29, 1.82) is 0 Å². The third kappa shape index (κ3) is 3.89. The number of carbonyl (C=O) groups is 1. The third-order valence-electron chi connectivity index (χ3n) is 4.17. The Hall–Kier alpha value is -1.60. The summed E-state index contributed by atoms with van der Waals surface area (Å²) in [4.78, 5) is 12.6. The summed E-state index contributed by atoms with van der Waals surface area (Å²) in [6.45, 7) is 6.66. The van der Waals surface area contributed by atoms with Crippen LogP contribution in [-0.2, 0) is 14.8 Å². The van der Waals surface area contributed by atoms with Crippen LogP contribution in [0.25, 0.3) is 0 Å². The highest BCUT2D eigenvalue weighted by atomic mass is 32.2. The van der Waals surface area contributed by atoms with Gasteiger partial charge in [-0.1, -0.05) is 19.9 Å². The lowest BCUT2D eigenvalue weighted by Gasteiger charge is -2.24. The molecule has 1 amide bonds. The molecule has 0 bridgehead atoms. The second-order valence-electron chi connectivity index (χ2n) is 6.54. The number of benzene rings is 1. The molecule has 1 N–H and O–H groups in total. The molecule has 0 saturated carbocycles. The number of rotatable bonds is 6. The maximum atomic E-state index is 13.1. The molecule has 1 aromatic carbocycles. The van der Waals surface area contributed by atoms with Crippen molar-refractivity contribution in [2.75, 3.05) is 20.2 Å². The fourth-order valence-electron chi connectivity index (χ4n) is 2.82. The van der Waals surface area contributed by atoms with Crippen LogP contribution in [0.4, 0.5) is 0 Å². The first-order chi connectivity index (χ1) is 11.3. The summed E-state index contributed by atoms with van der Waals surface area (Å²) >= 11 is 0. The van der Waals surface area contributed by atoms with E-state index in [2.05, 4.69) is 5.32 Å². The van der Waals surface area contributed by atoms with Crippen molar-refractivity contribution in [3.05, 3.63) is 23.8 Å². The average molecular weight is 354 g/mol. The molecule has 1 heterocycles. The number of aryl methyl sites for hydroxylation is 1. The van der Waals surface area contributed by atoms with Gasteiger partial charge in [0, 0.05) is 19.2 Å². The van der Waals surface area contributed by atoms with Crippen LogP contribution >= 0.6 is 0 Å². The standard InChI is InChI=1S/C17H26N2O4S/c1-12(2)11-18-17(20)15-6-5-9-19(15)24(21,22)16-10-14(23-4)8-7-13(16)3/h7-8,10,12,15H,5-6,9,11H2,1-4H3,(H,18,20)/t15-/m0/s1. The molecular weight excluding hydrogens is 328 g/mol. The Labute approximate surface area is 144 Å². The minimum Gasteiger partial charge on any atom is -0.497 e. The summed E-state index contributed by atoms with van der Waals surface area (Å²) < 4.78 is 32.6. The van der Waals surface area contributed by atoms with Gasteiger partial charge in [-0.15, -0.1) is 0 Å². The van der Waals surface area contributed by atoms with Gasteiger partial charge in [0.25, 0.3) is 0 Å². The molecule has 1 aromatic rings. The number of sulfonamides is 1. The Morgan fingerprint density at radius 3 is 2.75 bits per heavy atom. The summed E-state index contributed by atoms with van der Waals surface area (Å²) in [5.74, 6) is 0.588. The van der Waals surface area contributed by atoms with Crippen LogP contribution in [-0.4, -0.2) is 44.9 Å². The Bertz CT molecular complexity index is 701. The molecule has 0 radical (unpaired) electrons. The number of amides is 1. The van der Waals surface area contributed by atoms with E-state index in [4.69, 9.17) is 4.74 Å². The highest BCUT2D eigenvalue weighted by Crippen LogP contribution is 2.30. The molecule has 1 fully saturated rings. The average Bonchev–Trinajstić information content (AvgIpc) is 3.03. The number of methoxy groups -OCH3 is 1. The topological polar surface area (TPSA) is 75.7 Å². The fraction of sp³-hybridized carbons (Fsp3) is 0.588. The molecule has 1 aliphatic heterocycles. The van der Waals surface area contributed by atoms with Gasteiger partial charge in [0.2, 0.25) is 15.9 Å². The van der Waals surface area contributed by atoms with E-state index in [-0.39, 0.29) is 10.8 Å². The van der Waals surface area contributed by atoms with Crippen molar-refractivity contribution in [2.45, 2.75) is 44.6 Å². The van der Waals surface area contributed by atoms with Crippen LogP contribution in [0.1, 0.15) is 32.3 Å². The van der Waals surface area contributed by atoms with Gasteiger partial charge in [0.05, 0.1) is 12.0 Å². The Morgan fingerprint density at radius 1 is 1.42 bits per heavy atom. The molecule has 1 aliphatic rings. The van der Waals surface area contributed by atoms with Gasteiger partial charge in [-0.2, -0.15) is 4.31 Å². The Balaban J connectivity index is 2.29. The number of ether oxygens (including phenoxy) is 1. The lowest BCUT2D eigenvalue weighted by atomic mass is 10.2. The highest BCUT2D eigenvalue weighted by molar-refractivity contribution is 7.89. The largest absolute Gasteiger partial charge is 0.497 e. The molecule has 0 unspecified atom stereocenters. The molecule has 24 heavy (non-hydrogen) atoms. The van der Waals surface area contributed by atoms with Gasteiger partial charge in [-0.3, -0.25) is 4.79 Å². The van der Waals surface area contributed by atoms with E-state index in [1.165, 1.54) is 17.5 Å². The van der Waals surface area contributed by atoms with Crippen molar-refractivity contribution in [1.82, 2.24) is 9.62 Å². The first kappa shape index (κ1) is 18.7. The second-order valence-corrected chi connectivity index (χ2v) is 8.40. The SMILES string of the molecule is COc1ccc(C)c(S(=O)(=O)N2CCC[C@H]2C(=O)NCC(C)C)c1. The van der Waals surface area contributed by atoms with Crippen molar-refractivity contribution in [3.8, 4) is 5.75 Å². The molecule has 0 spiro atoms. The zero-order chi connectivity index (χ0) is 17.9. The van der Waals surface area contributed by atoms with Crippen molar-refractivity contribution in [3.63, 3.8) is 0 Å². The quantitative estimate of drug-likeness (QED) is 0.847. The zero-order valence-electron chi connectivity index (χ0n) is 14.7. The first-order valence-corrected chi connectivity index (χ1v) is 9.65. The number of nitrogens with one attached hydrogen (secondary N) is 1. The Kier molecular flexibility index (Phi) is 5.87. The van der Waals surface area contributed by atoms with Crippen molar-refractivity contribution in [2.24, 2.45) is 5.92 Å². The molecule has 0 aromatic heterocycles. The van der Waals surface area contributed by atoms with Crippen LogP contribution in [0.15, 0.2) is 23.1 Å². The molecule has 1 atom stereocenters. The van der Waals surface area contributed by atoms with Crippen LogP contribution in [0.3, 0.4) is 0 Å². The van der Waals surface area contributed by atoms with Gasteiger partial charge < -0.3 is 10.1 Å². The van der Waals surface area contributed by atoms with E-state index in [0.29, 0.717) is 43.2 Å². The monoisotopic (exact) mass is 354 g/mol. The van der Waals surface area contributed by atoms with Gasteiger partial charge >= 0.3 is 0 Å². The number of hydrogen-bond acceptors (Lipinski definition) is 4. The van der Waals surface area contributed by atoms with E-state index in [9.17, 15) is 13.2 Å². The number of hydrogen-bond donors (Lipinski definition) is 1. The van der Waals surface area contributed by atoms with Gasteiger partial charge in [-0.05, 0) is 37.3 Å². The normalized spacial score (nSPS) is 18.8. The smallest absolute Gasteiger partial charge is 0.244 e. The third-order valence-corrected chi connectivity index (χ3v) is 6.22. The van der Waals surface area contributed by atoms with E-state index in [0.717, 1.165) is 0 Å². The van der Waals surface area contributed by atoms with E-state index < -0.39 is 16.1 Å². The minimum absolute atomic E-state index is 0.199. The van der Waals surface area contributed by atoms with E-state index >= 15 is 0 Å². The van der Waals surface area contributed by atoms with Crippen LogP contribution in [0, 0.1) is 12.8 Å². The minimum atomic E-state index is -3.74. The number of nitrogens with zero attached hydrogens (tertiary/aromatic N) is 1. The van der Waals surface area contributed by atoms with Crippen LogP contribution < -0.4 is 10.1 Å². The maximum Gasteiger partial charge on any atom is 0.244 e. The van der Waals surface area contributed by atoms with Gasteiger partial charge in [0.1, 0.15) is 11.8 Å². The van der Waals surface area contributed by atoms with E-state index in [1.807, 2.05) is 13.8 Å². The fourth-order valence-corrected chi connectivity index (χ4v) is 4.72. The first-order valence-electron chi connectivity index (χ1n) is 8.21. The summed E-state index contributed by atoms with van der Waals surface area (Å²) in [5, 5.41) is 2.85. The summed E-state index contributed by atoms with van der Waals surface area (Å²) in [5.41, 5.74) is 0.643. The molecule has 0 aliphatic carbocycles. The molecule has 7 heteroatoms. The lowest BCUT2D eigenvalue weighted by molar-refractivity contribution is -0.124. The van der Waals surface area contributed by atoms with Gasteiger partial charge in [0.15, 0.2) is 0 Å². The summed E-state index contributed by atoms with van der Waals surface area (Å²) in [6, 6.07) is 4.33. The molecule has 2 rings (SSSR count). The van der Waals surface area contributed by atoms with Gasteiger partial charge in [-0.25, -0.2) is 8.42 Å². The maximum absolute atomic E-state index is 13.1. The molecule has 134 valence electrons. The van der Waals surface area contributed by atoms with Crippen molar-refractivity contribution >= 4 is 15.9 Å². The lowest BCUT2D eigenvalue weighted by Crippen LogP contribution is -2.46. The molecule has 6 nitrogen and oxygen atoms in total. The summed E-state index contributed by atoms with van der Waals surface area (Å²) in [6.07, 6.45) is 1.23. The predicted molar refractivity (Wildman–Crippen MR) is 92.5 cm³/mol. The van der Waals surface area contributed by atoms with Crippen LogP contribution in [0.2, 0.25) is 0 Å². The zero-order valence-corrected chi connectivity index (χ0v) is 15.5. The second kappa shape index (κ2) is 7.53.